The van der Waals surface area contributed by atoms with Gasteiger partial charge in [0.2, 0.25) is 0 Å². The van der Waals surface area contributed by atoms with Crippen LogP contribution in [-0.4, -0.2) is 67.0 Å². The number of nitrogens with zero attached hydrogens (tertiary/aromatic N) is 3. The fourth-order valence-electron chi connectivity index (χ4n) is 2.30. The molecule has 0 radical (unpaired) electrons. The number of rotatable bonds is 3. The van der Waals surface area contributed by atoms with E-state index < -0.39 is 16.3 Å². The lowest BCUT2D eigenvalue weighted by atomic mass is 10.2. The SMILES string of the molecule is NC(=NO)C1CCCN1S(=O)(=O)N1CCOCC1. The predicted octanol–water partition coefficient (Wildman–Crippen LogP) is -1.23. The van der Waals surface area contributed by atoms with E-state index in [4.69, 9.17) is 15.7 Å². The largest absolute Gasteiger partial charge is 0.409 e. The third-order valence-electron chi connectivity index (χ3n) is 3.25. The average Bonchev–Trinajstić information content (AvgIpc) is 2.89. The van der Waals surface area contributed by atoms with E-state index in [9.17, 15) is 8.42 Å². The van der Waals surface area contributed by atoms with Gasteiger partial charge in [-0.1, -0.05) is 5.16 Å². The van der Waals surface area contributed by atoms with Crippen LogP contribution in [0.5, 0.6) is 0 Å². The van der Waals surface area contributed by atoms with E-state index in [1.807, 2.05) is 0 Å². The van der Waals surface area contributed by atoms with Crippen molar-refractivity contribution in [3.05, 3.63) is 0 Å². The maximum absolute atomic E-state index is 12.4. The molecule has 8 nitrogen and oxygen atoms in total. The van der Waals surface area contributed by atoms with Crippen LogP contribution in [0.3, 0.4) is 0 Å². The van der Waals surface area contributed by atoms with Gasteiger partial charge in [-0.3, -0.25) is 0 Å². The van der Waals surface area contributed by atoms with Gasteiger partial charge < -0.3 is 15.7 Å². The smallest absolute Gasteiger partial charge is 0.282 e. The quantitative estimate of drug-likeness (QED) is 0.291. The van der Waals surface area contributed by atoms with Gasteiger partial charge in [0, 0.05) is 19.6 Å². The van der Waals surface area contributed by atoms with Gasteiger partial charge in [0.1, 0.15) is 0 Å². The molecule has 0 aromatic rings. The second-order valence-electron chi connectivity index (χ2n) is 4.31. The van der Waals surface area contributed by atoms with Gasteiger partial charge in [0.15, 0.2) is 5.84 Å². The highest BCUT2D eigenvalue weighted by atomic mass is 32.2. The molecule has 2 saturated heterocycles. The van der Waals surface area contributed by atoms with E-state index in [-0.39, 0.29) is 5.84 Å². The Morgan fingerprint density at radius 2 is 2.00 bits per heavy atom. The summed E-state index contributed by atoms with van der Waals surface area (Å²) in [6.45, 7) is 1.91. The Bertz CT molecular complexity index is 418. The third kappa shape index (κ3) is 2.44. The molecular formula is C9H18N4O4S. The van der Waals surface area contributed by atoms with Gasteiger partial charge in [0.25, 0.3) is 10.2 Å². The first kappa shape index (κ1) is 13.5. The number of hydrogen-bond acceptors (Lipinski definition) is 5. The normalized spacial score (nSPS) is 28.7. The molecule has 104 valence electrons. The molecule has 2 aliphatic rings. The van der Waals surface area contributed by atoms with Gasteiger partial charge in [-0.2, -0.15) is 17.0 Å². The van der Waals surface area contributed by atoms with Crippen molar-refractivity contribution >= 4 is 16.0 Å². The highest BCUT2D eigenvalue weighted by Gasteiger charge is 2.40. The summed E-state index contributed by atoms with van der Waals surface area (Å²) in [4.78, 5) is 0. The first-order valence-electron chi connectivity index (χ1n) is 5.89. The fraction of sp³-hybridized carbons (Fsp3) is 0.889. The summed E-state index contributed by atoms with van der Waals surface area (Å²) in [5, 5.41) is 11.6. The van der Waals surface area contributed by atoms with Crippen LogP contribution in [0.4, 0.5) is 0 Å². The van der Waals surface area contributed by atoms with Crippen LogP contribution in [0.25, 0.3) is 0 Å². The van der Waals surface area contributed by atoms with Crippen molar-refractivity contribution in [2.45, 2.75) is 18.9 Å². The van der Waals surface area contributed by atoms with E-state index in [2.05, 4.69) is 5.16 Å². The van der Waals surface area contributed by atoms with Crippen molar-refractivity contribution < 1.29 is 18.4 Å². The minimum absolute atomic E-state index is 0.0515. The number of amidine groups is 1. The van der Waals surface area contributed by atoms with Crippen molar-refractivity contribution in [3.8, 4) is 0 Å². The number of ether oxygens (including phenoxy) is 1. The number of nitrogens with two attached hydrogens (primary N) is 1. The molecule has 0 spiro atoms. The lowest BCUT2D eigenvalue weighted by molar-refractivity contribution is 0.0703. The van der Waals surface area contributed by atoms with Gasteiger partial charge >= 0.3 is 0 Å². The summed E-state index contributed by atoms with van der Waals surface area (Å²) in [5.41, 5.74) is 5.55. The van der Waals surface area contributed by atoms with Crippen molar-refractivity contribution in [3.63, 3.8) is 0 Å². The highest BCUT2D eigenvalue weighted by molar-refractivity contribution is 7.86. The van der Waals surface area contributed by atoms with Crippen molar-refractivity contribution in [1.29, 1.82) is 0 Å². The maximum atomic E-state index is 12.4. The summed E-state index contributed by atoms with van der Waals surface area (Å²) in [6, 6.07) is -0.539. The van der Waals surface area contributed by atoms with Crippen LogP contribution in [-0.2, 0) is 14.9 Å². The van der Waals surface area contributed by atoms with Gasteiger partial charge in [0.05, 0.1) is 19.3 Å². The topological polar surface area (TPSA) is 108 Å². The zero-order valence-corrected chi connectivity index (χ0v) is 10.8. The average molecular weight is 278 g/mol. The lowest BCUT2D eigenvalue weighted by Gasteiger charge is -2.32. The summed E-state index contributed by atoms with van der Waals surface area (Å²) < 4.78 is 32.7. The standard InChI is InChI=1S/C9H18N4O4S/c10-9(11-14)8-2-1-3-13(8)18(15,16)12-4-6-17-7-5-12/h8,14H,1-7H2,(H2,10,11). The minimum atomic E-state index is -3.55. The first-order valence-corrected chi connectivity index (χ1v) is 7.29. The molecule has 2 aliphatic heterocycles. The molecule has 0 aliphatic carbocycles. The maximum Gasteiger partial charge on any atom is 0.282 e. The van der Waals surface area contributed by atoms with Crippen LogP contribution in [0.2, 0.25) is 0 Å². The monoisotopic (exact) mass is 278 g/mol. The molecule has 2 rings (SSSR count). The van der Waals surface area contributed by atoms with Gasteiger partial charge in [-0.15, -0.1) is 0 Å². The predicted molar refractivity (Wildman–Crippen MR) is 64.4 cm³/mol. The van der Waals surface area contributed by atoms with E-state index in [0.717, 1.165) is 0 Å². The minimum Gasteiger partial charge on any atom is -0.409 e. The summed E-state index contributed by atoms with van der Waals surface area (Å²) >= 11 is 0. The van der Waals surface area contributed by atoms with E-state index in [1.54, 1.807) is 0 Å². The first-order chi connectivity index (χ1) is 8.57. The van der Waals surface area contributed by atoms with Gasteiger partial charge in [-0.25, -0.2) is 0 Å². The van der Waals surface area contributed by atoms with E-state index in [1.165, 1.54) is 8.61 Å². The van der Waals surface area contributed by atoms with Crippen molar-refractivity contribution in [2.75, 3.05) is 32.8 Å². The number of oxime groups is 1. The summed E-state index contributed by atoms with van der Waals surface area (Å²) in [6.07, 6.45) is 1.30. The molecular weight excluding hydrogens is 260 g/mol. The Morgan fingerprint density at radius 3 is 2.61 bits per heavy atom. The Balaban J connectivity index is 2.18. The van der Waals surface area contributed by atoms with Gasteiger partial charge in [-0.05, 0) is 12.8 Å². The van der Waals surface area contributed by atoms with Crippen LogP contribution in [0, 0.1) is 0 Å². The molecule has 0 amide bonds. The Labute approximate surface area is 106 Å². The molecule has 1 unspecified atom stereocenters. The Kier molecular flexibility index (Phi) is 4.05. The molecule has 2 fully saturated rings. The third-order valence-corrected chi connectivity index (χ3v) is 5.30. The Hall–Kier alpha value is -0.900. The second-order valence-corrected chi connectivity index (χ2v) is 6.19. The number of morpholine rings is 1. The molecule has 0 aromatic heterocycles. The highest BCUT2D eigenvalue weighted by Crippen LogP contribution is 2.23. The molecule has 0 aromatic carbocycles. The van der Waals surface area contributed by atoms with Crippen molar-refractivity contribution in [1.82, 2.24) is 8.61 Å². The molecule has 2 heterocycles. The van der Waals surface area contributed by atoms with Crippen LogP contribution in [0.15, 0.2) is 5.16 Å². The second kappa shape index (κ2) is 5.39. The van der Waals surface area contributed by atoms with Crippen LogP contribution >= 0.6 is 0 Å². The van der Waals surface area contributed by atoms with Crippen LogP contribution in [0.1, 0.15) is 12.8 Å². The summed E-state index contributed by atoms with van der Waals surface area (Å²) in [5.74, 6) is -0.0515. The summed E-state index contributed by atoms with van der Waals surface area (Å²) in [7, 11) is -3.55. The molecule has 0 saturated carbocycles. The molecule has 18 heavy (non-hydrogen) atoms. The van der Waals surface area contributed by atoms with Crippen LogP contribution < -0.4 is 5.73 Å². The van der Waals surface area contributed by atoms with E-state index >= 15 is 0 Å². The molecule has 9 heteroatoms. The zero-order valence-electron chi connectivity index (χ0n) is 10.0. The molecule has 0 bridgehead atoms. The molecule has 1 atom stereocenters. The number of hydrogen-bond donors (Lipinski definition) is 2. The Morgan fingerprint density at radius 1 is 1.33 bits per heavy atom. The molecule has 3 N–H and O–H groups in total. The lowest BCUT2D eigenvalue weighted by Crippen LogP contribution is -2.52. The zero-order chi connectivity index (χ0) is 13.2. The fourth-order valence-corrected chi connectivity index (χ4v) is 4.11. The van der Waals surface area contributed by atoms with Crippen molar-refractivity contribution in [2.24, 2.45) is 10.9 Å². The van der Waals surface area contributed by atoms with E-state index in [0.29, 0.717) is 45.7 Å².